The Morgan fingerprint density at radius 3 is 2.57 bits per heavy atom. The minimum absolute atomic E-state index is 0.00149. The van der Waals surface area contributed by atoms with Gasteiger partial charge in [0.1, 0.15) is 17.2 Å². The standard InChI is InChI=1S/C17H20F2N4O4S/c1-3-9-4-5-10(13(19)12(9)18)7-27-15-11(14(20)25)16(28-23-15)22-17(26)21-6-8(2)24/h4-5,8,24H,3,6-7H2,1-2H3,(H2,20,25)(H2,21,22,26). The molecule has 11 heteroatoms. The quantitative estimate of drug-likeness (QED) is 0.527. The zero-order chi connectivity index (χ0) is 20.8. The minimum Gasteiger partial charge on any atom is -0.471 e. The number of anilines is 1. The van der Waals surface area contributed by atoms with Crippen molar-refractivity contribution in [2.75, 3.05) is 11.9 Å². The van der Waals surface area contributed by atoms with Gasteiger partial charge in [0.25, 0.3) is 5.91 Å². The molecule has 1 atom stereocenters. The summed E-state index contributed by atoms with van der Waals surface area (Å²) in [5.41, 5.74) is 5.31. The molecule has 0 bridgehead atoms. The fourth-order valence-corrected chi connectivity index (χ4v) is 2.96. The smallest absolute Gasteiger partial charge is 0.320 e. The van der Waals surface area contributed by atoms with E-state index in [4.69, 9.17) is 15.6 Å². The number of aromatic nitrogens is 1. The third-order valence-electron chi connectivity index (χ3n) is 3.68. The zero-order valence-electron chi connectivity index (χ0n) is 15.2. The van der Waals surface area contributed by atoms with Gasteiger partial charge in [-0.3, -0.25) is 10.1 Å². The number of nitrogens with one attached hydrogen (secondary N) is 2. The average Bonchev–Trinajstić information content (AvgIpc) is 3.04. The number of amides is 3. The van der Waals surface area contributed by atoms with Crippen LogP contribution in [0.5, 0.6) is 5.88 Å². The molecule has 1 unspecified atom stereocenters. The number of carbonyl (C=O) groups is 2. The molecule has 0 aliphatic carbocycles. The molecule has 8 nitrogen and oxygen atoms in total. The fraction of sp³-hybridized carbons (Fsp3) is 0.353. The molecular weight excluding hydrogens is 394 g/mol. The molecule has 0 fully saturated rings. The van der Waals surface area contributed by atoms with E-state index in [9.17, 15) is 18.4 Å². The summed E-state index contributed by atoms with van der Waals surface area (Å²) in [6.07, 6.45) is -0.412. The predicted octanol–water partition coefficient (Wildman–Crippen LogP) is 2.16. The van der Waals surface area contributed by atoms with Gasteiger partial charge in [-0.15, -0.1) is 0 Å². The van der Waals surface area contributed by atoms with Crippen molar-refractivity contribution >= 4 is 28.5 Å². The number of urea groups is 1. The Morgan fingerprint density at radius 2 is 1.96 bits per heavy atom. The molecule has 0 saturated heterocycles. The predicted molar refractivity (Wildman–Crippen MR) is 99.4 cm³/mol. The lowest BCUT2D eigenvalue weighted by molar-refractivity contribution is 0.0996. The number of nitrogens with zero attached hydrogens (tertiary/aromatic N) is 1. The first-order valence-electron chi connectivity index (χ1n) is 8.35. The van der Waals surface area contributed by atoms with Crippen LogP contribution in [0.15, 0.2) is 12.1 Å². The van der Waals surface area contributed by atoms with Gasteiger partial charge in [0.2, 0.25) is 5.88 Å². The normalized spacial score (nSPS) is 11.8. The summed E-state index contributed by atoms with van der Waals surface area (Å²) in [6, 6.07) is 2.16. The molecular formula is C17H20F2N4O4S. The summed E-state index contributed by atoms with van der Waals surface area (Å²) in [5, 5.41) is 14.0. The van der Waals surface area contributed by atoms with E-state index in [1.54, 1.807) is 6.92 Å². The Hall–Kier alpha value is -2.79. The highest BCUT2D eigenvalue weighted by atomic mass is 32.1. The van der Waals surface area contributed by atoms with Crippen LogP contribution in [0.25, 0.3) is 0 Å². The van der Waals surface area contributed by atoms with Gasteiger partial charge in [0, 0.05) is 12.1 Å². The van der Waals surface area contributed by atoms with Crippen LogP contribution >= 0.6 is 11.5 Å². The van der Waals surface area contributed by atoms with Crippen LogP contribution in [0.2, 0.25) is 0 Å². The molecule has 0 aliphatic rings. The van der Waals surface area contributed by atoms with Crippen LogP contribution in [-0.2, 0) is 13.0 Å². The summed E-state index contributed by atoms with van der Waals surface area (Å²) < 4.78 is 37.2. The van der Waals surface area contributed by atoms with E-state index in [2.05, 4.69) is 15.0 Å². The maximum Gasteiger partial charge on any atom is 0.320 e. The topological polar surface area (TPSA) is 127 Å². The van der Waals surface area contributed by atoms with Gasteiger partial charge in [0.15, 0.2) is 11.6 Å². The monoisotopic (exact) mass is 414 g/mol. The van der Waals surface area contributed by atoms with Crippen LogP contribution in [0.1, 0.15) is 35.3 Å². The molecule has 152 valence electrons. The highest BCUT2D eigenvalue weighted by Gasteiger charge is 2.23. The number of hydrogen-bond acceptors (Lipinski definition) is 6. The Bertz CT molecular complexity index is 873. The van der Waals surface area contributed by atoms with E-state index in [0.29, 0.717) is 6.42 Å². The lowest BCUT2D eigenvalue weighted by Gasteiger charge is -2.10. The molecule has 0 radical (unpaired) electrons. The third-order valence-corrected chi connectivity index (χ3v) is 4.43. The van der Waals surface area contributed by atoms with Crippen LogP contribution in [-0.4, -0.2) is 34.1 Å². The van der Waals surface area contributed by atoms with Crippen molar-refractivity contribution in [3.63, 3.8) is 0 Å². The maximum atomic E-state index is 14.1. The first-order chi connectivity index (χ1) is 13.2. The van der Waals surface area contributed by atoms with Gasteiger partial charge in [-0.1, -0.05) is 19.1 Å². The largest absolute Gasteiger partial charge is 0.471 e. The number of aryl methyl sites for hydroxylation is 1. The van der Waals surface area contributed by atoms with Gasteiger partial charge in [-0.25, -0.2) is 13.6 Å². The van der Waals surface area contributed by atoms with E-state index in [0.717, 1.165) is 11.5 Å². The fourth-order valence-electron chi connectivity index (χ4n) is 2.22. The summed E-state index contributed by atoms with van der Waals surface area (Å²) in [6.45, 7) is 2.81. The van der Waals surface area contributed by atoms with E-state index in [1.807, 2.05) is 0 Å². The first kappa shape index (κ1) is 21.5. The van der Waals surface area contributed by atoms with E-state index < -0.39 is 29.7 Å². The molecule has 28 heavy (non-hydrogen) atoms. The number of nitrogens with two attached hydrogens (primary N) is 1. The third kappa shape index (κ3) is 5.14. The lowest BCUT2D eigenvalue weighted by Crippen LogP contribution is -2.34. The molecule has 5 N–H and O–H groups in total. The van der Waals surface area contributed by atoms with Crippen LogP contribution < -0.4 is 21.1 Å². The SMILES string of the molecule is CCc1ccc(COc2nsc(NC(=O)NCC(C)O)c2C(N)=O)c(F)c1F. The molecule has 0 aliphatic heterocycles. The van der Waals surface area contributed by atoms with Gasteiger partial charge in [-0.05, 0) is 30.4 Å². The van der Waals surface area contributed by atoms with Crippen molar-refractivity contribution in [2.24, 2.45) is 5.73 Å². The second kappa shape index (κ2) is 9.42. The Balaban J connectivity index is 2.14. The molecule has 2 aromatic rings. The van der Waals surface area contributed by atoms with Crippen molar-refractivity contribution in [2.45, 2.75) is 33.0 Å². The number of benzene rings is 1. The average molecular weight is 414 g/mol. The number of aliphatic hydroxyl groups excluding tert-OH is 1. The van der Waals surface area contributed by atoms with Crippen LogP contribution in [0.3, 0.4) is 0 Å². The number of halogens is 2. The summed E-state index contributed by atoms with van der Waals surface area (Å²) in [5.74, 6) is -3.11. The molecule has 0 saturated carbocycles. The number of carbonyl (C=O) groups excluding carboxylic acids is 2. The number of ether oxygens (including phenoxy) is 1. The second-order valence-electron chi connectivity index (χ2n) is 5.89. The summed E-state index contributed by atoms with van der Waals surface area (Å²) in [7, 11) is 0. The van der Waals surface area contributed by atoms with Crippen molar-refractivity contribution in [3.8, 4) is 5.88 Å². The lowest BCUT2D eigenvalue weighted by atomic mass is 10.1. The molecule has 1 aromatic heterocycles. The number of rotatable bonds is 8. The molecule has 0 spiro atoms. The Morgan fingerprint density at radius 1 is 1.32 bits per heavy atom. The summed E-state index contributed by atoms with van der Waals surface area (Å²) >= 11 is 0.738. The van der Waals surface area contributed by atoms with Gasteiger partial charge in [-0.2, -0.15) is 4.37 Å². The van der Waals surface area contributed by atoms with Crippen molar-refractivity contribution in [3.05, 3.63) is 40.5 Å². The summed E-state index contributed by atoms with van der Waals surface area (Å²) in [4.78, 5) is 23.5. The van der Waals surface area contributed by atoms with Gasteiger partial charge in [0.05, 0.1) is 6.10 Å². The van der Waals surface area contributed by atoms with Crippen LogP contribution in [0.4, 0.5) is 18.6 Å². The first-order valence-corrected chi connectivity index (χ1v) is 9.12. The molecule has 1 aromatic carbocycles. The molecule has 1 heterocycles. The minimum atomic E-state index is -1.04. The van der Waals surface area contributed by atoms with E-state index in [1.165, 1.54) is 19.1 Å². The van der Waals surface area contributed by atoms with Crippen LogP contribution in [0, 0.1) is 11.6 Å². The number of hydrogen-bond donors (Lipinski definition) is 4. The van der Waals surface area contributed by atoms with Gasteiger partial charge < -0.3 is 20.9 Å². The number of primary amides is 1. The Labute approximate surface area is 163 Å². The van der Waals surface area contributed by atoms with Crippen molar-refractivity contribution in [1.82, 2.24) is 9.69 Å². The molecule has 2 rings (SSSR count). The maximum absolute atomic E-state index is 14.1. The van der Waals surface area contributed by atoms with Crippen molar-refractivity contribution < 1.29 is 28.2 Å². The van der Waals surface area contributed by atoms with Gasteiger partial charge >= 0.3 is 6.03 Å². The van der Waals surface area contributed by atoms with E-state index in [-0.39, 0.29) is 40.7 Å². The van der Waals surface area contributed by atoms with E-state index >= 15 is 0 Å². The molecule has 3 amide bonds. The Kier molecular flexibility index (Phi) is 7.24. The highest BCUT2D eigenvalue weighted by Crippen LogP contribution is 2.31. The number of aliphatic hydroxyl groups is 1. The van der Waals surface area contributed by atoms with Crippen molar-refractivity contribution in [1.29, 1.82) is 0 Å². The second-order valence-corrected chi connectivity index (χ2v) is 6.67. The zero-order valence-corrected chi connectivity index (χ0v) is 16.0. The highest BCUT2D eigenvalue weighted by molar-refractivity contribution is 7.11.